The Morgan fingerprint density at radius 3 is 1.94 bits per heavy atom. The minimum Gasteiger partial charge on any atom is -0.331 e. The number of nitrogens with zero attached hydrogens (tertiary/aromatic N) is 1. The van der Waals surface area contributed by atoms with Gasteiger partial charge in [-0.2, -0.15) is 5.26 Å². The molecule has 0 aliphatic heterocycles. The van der Waals surface area contributed by atoms with Gasteiger partial charge in [-0.25, -0.2) is 0 Å². The molecule has 4 nitrogen and oxygen atoms in total. The van der Waals surface area contributed by atoms with Crippen molar-refractivity contribution in [1.29, 1.82) is 5.26 Å². The molecule has 0 atom stereocenters. The van der Waals surface area contributed by atoms with Gasteiger partial charge in [-0.3, -0.25) is 0 Å². The molecule has 0 aromatic heterocycles. The molecule has 86 valence electrons. The van der Waals surface area contributed by atoms with Gasteiger partial charge in [0.05, 0.1) is 18.1 Å². The average molecular weight is 221 g/mol. The Morgan fingerprint density at radius 2 is 1.56 bits per heavy atom. The third-order valence-corrected chi connectivity index (χ3v) is 2.44. The summed E-state index contributed by atoms with van der Waals surface area (Å²) in [5.74, 6) is -1.06. The van der Waals surface area contributed by atoms with E-state index in [0.29, 0.717) is 12.0 Å². The fraction of sp³-hybridized carbons (Fsp3) is 0.417. The quantitative estimate of drug-likeness (QED) is 0.710. The molecular formula is C12H15NO3. The molecular weight excluding hydrogens is 206 g/mol. The molecule has 0 amide bonds. The van der Waals surface area contributed by atoms with Crippen LogP contribution >= 0.6 is 0 Å². The smallest absolute Gasteiger partial charge is 0.286 e. The molecule has 0 fully saturated rings. The highest BCUT2D eigenvalue weighted by atomic mass is 16.9. The molecule has 0 aliphatic carbocycles. The first-order chi connectivity index (χ1) is 7.69. The number of ether oxygens (including phenoxy) is 3. The molecule has 0 saturated heterocycles. The van der Waals surface area contributed by atoms with Crippen LogP contribution in [0.5, 0.6) is 0 Å². The van der Waals surface area contributed by atoms with Gasteiger partial charge in [0.1, 0.15) is 0 Å². The van der Waals surface area contributed by atoms with Gasteiger partial charge in [0.15, 0.2) is 0 Å². The molecule has 4 heteroatoms. The minimum atomic E-state index is -1.06. The predicted molar refractivity (Wildman–Crippen MR) is 58.6 cm³/mol. The van der Waals surface area contributed by atoms with Crippen molar-refractivity contribution >= 4 is 0 Å². The maximum absolute atomic E-state index is 8.68. The first kappa shape index (κ1) is 12.7. The van der Waals surface area contributed by atoms with Crippen LogP contribution in [0, 0.1) is 11.3 Å². The van der Waals surface area contributed by atoms with E-state index in [-0.39, 0.29) is 0 Å². The van der Waals surface area contributed by atoms with Crippen LogP contribution in [0.3, 0.4) is 0 Å². The van der Waals surface area contributed by atoms with Crippen molar-refractivity contribution in [2.45, 2.75) is 12.4 Å². The lowest BCUT2D eigenvalue weighted by Gasteiger charge is -2.28. The Balaban J connectivity index is 2.82. The summed E-state index contributed by atoms with van der Waals surface area (Å²) < 4.78 is 15.6. The van der Waals surface area contributed by atoms with Gasteiger partial charge in [-0.05, 0) is 17.7 Å². The Bertz CT molecular complexity index is 355. The van der Waals surface area contributed by atoms with E-state index in [9.17, 15) is 0 Å². The van der Waals surface area contributed by atoms with Crippen molar-refractivity contribution in [3.05, 3.63) is 35.4 Å². The Hall–Kier alpha value is -1.41. The van der Waals surface area contributed by atoms with Crippen molar-refractivity contribution in [2.75, 3.05) is 21.3 Å². The number of nitriles is 1. The molecule has 1 rings (SSSR count). The molecule has 1 aromatic carbocycles. The van der Waals surface area contributed by atoms with E-state index in [1.54, 1.807) is 12.1 Å². The maximum atomic E-state index is 8.68. The van der Waals surface area contributed by atoms with Crippen LogP contribution in [0.2, 0.25) is 0 Å². The van der Waals surface area contributed by atoms with E-state index in [1.165, 1.54) is 21.3 Å². The van der Waals surface area contributed by atoms with E-state index >= 15 is 0 Å². The van der Waals surface area contributed by atoms with Crippen molar-refractivity contribution in [3.8, 4) is 6.07 Å². The molecule has 0 bridgehead atoms. The monoisotopic (exact) mass is 221 g/mol. The largest absolute Gasteiger partial charge is 0.331 e. The van der Waals surface area contributed by atoms with Gasteiger partial charge in [-0.1, -0.05) is 12.1 Å². The number of benzene rings is 1. The van der Waals surface area contributed by atoms with Gasteiger partial charge in [-0.15, -0.1) is 0 Å². The summed E-state index contributed by atoms with van der Waals surface area (Å²) in [6.07, 6.45) is 0.461. The summed E-state index contributed by atoms with van der Waals surface area (Å²) in [6, 6.07) is 9.27. The van der Waals surface area contributed by atoms with Crippen LogP contribution in [-0.2, 0) is 20.6 Å². The lowest BCUT2D eigenvalue weighted by atomic mass is 10.1. The van der Waals surface area contributed by atoms with Crippen molar-refractivity contribution in [2.24, 2.45) is 0 Å². The molecule has 0 N–H and O–H groups in total. The number of methoxy groups -OCH3 is 3. The lowest BCUT2D eigenvalue weighted by Crippen LogP contribution is -2.38. The molecule has 0 spiro atoms. The molecule has 1 aromatic rings. The summed E-state index contributed by atoms with van der Waals surface area (Å²) in [7, 11) is 4.57. The fourth-order valence-electron chi connectivity index (χ4n) is 1.41. The third-order valence-electron chi connectivity index (χ3n) is 2.44. The first-order valence-corrected chi connectivity index (χ1v) is 4.84. The van der Waals surface area contributed by atoms with Gasteiger partial charge in [0.25, 0.3) is 5.97 Å². The van der Waals surface area contributed by atoms with Gasteiger partial charge in [0, 0.05) is 21.3 Å². The summed E-state index contributed by atoms with van der Waals surface area (Å²) in [4.78, 5) is 0. The van der Waals surface area contributed by atoms with E-state index < -0.39 is 5.97 Å². The molecule has 0 saturated carbocycles. The van der Waals surface area contributed by atoms with Crippen LogP contribution < -0.4 is 0 Å². The zero-order valence-electron chi connectivity index (χ0n) is 9.69. The summed E-state index contributed by atoms with van der Waals surface area (Å²) in [5, 5.41) is 8.68. The minimum absolute atomic E-state index is 0.461. The lowest BCUT2D eigenvalue weighted by molar-refractivity contribution is -0.350. The van der Waals surface area contributed by atoms with Crippen LogP contribution in [0.25, 0.3) is 0 Å². The Labute approximate surface area is 95.4 Å². The number of rotatable bonds is 5. The zero-order chi connectivity index (χ0) is 12.0. The van der Waals surface area contributed by atoms with Gasteiger partial charge in [0.2, 0.25) is 0 Å². The van der Waals surface area contributed by atoms with Gasteiger partial charge < -0.3 is 14.2 Å². The highest BCUT2D eigenvalue weighted by Crippen LogP contribution is 2.19. The first-order valence-electron chi connectivity index (χ1n) is 4.84. The summed E-state index contributed by atoms with van der Waals surface area (Å²) in [6.45, 7) is 0. The second-order valence-corrected chi connectivity index (χ2v) is 3.28. The van der Waals surface area contributed by atoms with E-state index in [2.05, 4.69) is 6.07 Å². The maximum Gasteiger partial charge on any atom is 0.286 e. The zero-order valence-corrected chi connectivity index (χ0v) is 9.69. The van der Waals surface area contributed by atoms with Crippen LogP contribution in [0.4, 0.5) is 0 Å². The van der Waals surface area contributed by atoms with E-state index in [1.807, 2.05) is 12.1 Å². The second-order valence-electron chi connectivity index (χ2n) is 3.28. The van der Waals surface area contributed by atoms with Crippen LogP contribution in [-0.4, -0.2) is 27.3 Å². The van der Waals surface area contributed by atoms with E-state index in [4.69, 9.17) is 19.5 Å². The molecule has 0 heterocycles. The topological polar surface area (TPSA) is 51.5 Å². The second kappa shape index (κ2) is 5.61. The standard InChI is InChI=1S/C12H15NO3/c1-14-12(15-2,16-3)8-10-4-6-11(9-13)7-5-10/h4-7H,8H2,1-3H3. The highest BCUT2D eigenvalue weighted by Gasteiger charge is 2.29. The van der Waals surface area contributed by atoms with Crippen molar-refractivity contribution < 1.29 is 14.2 Å². The Morgan fingerprint density at radius 1 is 1.06 bits per heavy atom. The third kappa shape index (κ3) is 2.80. The van der Waals surface area contributed by atoms with Crippen LogP contribution in [0.1, 0.15) is 11.1 Å². The molecule has 0 radical (unpaired) electrons. The Kier molecular flexibility index (Phi) is 4.44. The predicted octanol–water partition coefficient (Wildman–Crippen LogP) is 1.69. The molecule has 0 aliphatic rings. The number of hydrogen-bond donors (Lipinski definition) is 0. The highest BCUT2D eigenvalue weighted by molar-refractivity contribution is 5.31. The normalized spacial score (nSPS) is 11.1. The van der Waals surface area contributed by atoms with Crippen LogP contribution in [0.15, 0.2) is 24.3 Å². The molecule has 16 heavy (non-hydrogen) atoms. The number of hydrogen-bond acceptors (Lipinski definition) is 4. The van der Waals surface area contributed by atoms with Crippen molar-refractivity contribution in [1.82, 2.24) is 0 Å². The summed E-state index contributed by atoms with van der Waals surface area (Å²) in [5.41, 5.74) is 1.60. The van der Waals surface area contributed by atoms with Crippen molar-refractivity contribution in [3.63, 3.8) is 0 Å². The van der Waals surface area contributed by atoms with E-state index in [0.717, 1.165) is 5.56 Å². The van der Waals surface area contributed by atoms with Gasteiger partial charge >= 0.3 is 0 Å². The average Bonchev–Trinajstić information content (AvgIpc) is 2.37. The summed E-state index contributed by atoms with van der Waals surface area (Å²) >= 11 is 0. The fourth-order valence-corrected chi connectivity index (χ4v) is 1.41. The SMILES string of the molecule is COC(Cc1ccc(C#N)cc1)(OC)OC. The molecule has 0 unspecified atom stereocenters.